The molecule has 0 spiro atoms. The lowest BCUT2D eigenvalue weighted by Gasteiger charge is -2.32. The first-order valence-electron chi connectivity index (χ1n) is 13.8. The van der Waals surface area contributed by atoms with E-state index in [0.717, 1.165) is 81.9 Å². The number of piperazine rings is 1. The van der Waals surface area contributed by atoms with Crippen LogP contribution in [0.1, 0.15) is 24.8 Å². The third-order valence-electron chi connectivity index (χ3n) is 7.59. The zero-order valence-electron chi connectivity index (χ0n) is 22.7. The molecule has 2 aliphatic rings. The van der Waals surface area contributed by atoms with Crippen LogP contribution in [0.15, 0.2) is 42.7 Å². The lowest BCUT2D eigenvalue weighted by Crippen LogP contribution is -2.45. The maximum Gasteiger partial charge on any atom is 0.451 e. The van der Waals surface area contributed by atoms with E-state index in [1.54, 1.807) is 18.5 Å². The molecule has 4 heterocycles. The molecule has 9 nitrogen and oxygen atoms in total. The van der Waals surface area contributed by atoms with Gasteiger partial charge in [0.15, 0.2) is 5.75 Å². The molecule has 2 saturated heterocycles. The minimum absolute atomic E-state index is 0.432. The Bertz CT molecular complexity index is 1250. The molecular formula is C28H35BCl2N6O3. The van der Waals surface area contributed by atoms with Crippen LogP contribution in [0.2, 0.25) is 16.4 Å². The van der Waals surface area contributed by atoms with Gasteiger partial charge >= 0.3 is 7.12 Å². The van der Waals surface area contributed by atoms with Crippen LogP contribution in [0.3, 0.4) is 0 Å². The fourth-order valence-corrected chi connectivity index (χ4v) is 5.81. The van der Waals surface area contributed by atoms with Gasteiger partial charge in [-0.05, 0) is 75.0 Å². The summed E-state index contributed by atoms with van der Waals surface area (Å²) in [6, 6.07) is 9.40. The van der Waals surface area contributed by atoms with Crippen LogP contribution >= 0.6 is 23.2 Å². The van der Waals surface area contributed by atoms with Gasteiger partial charge in [0.2, 0.25) is 11.8 Å². The molecule has 0 radical (unpaired) electrons. The first-order chi connectivity index (χ1) is 19.3. The number of hydrogen-bond acceptors (Lipinski definition) is 9. The molecule has 2 aromatic heterocycles. The summed E-state index contributed by atoms with van der Waals surface area (Å²) < 4.78 is 6.17. The van der Waals surface area contributed by atoms with Gasteiger partial charge in [0.05, 0.1) is 18.1 Å². The molecule has 0 atom stereocenters. The molecule has 0 unspecified atom stereocenters. The fraction of sp³-hybridized carbons (Fsp3) is 0.464. The zero-order chi connectivity index (χ0) is 28.1. The average Bonchev–Trinajstić information content (AvgIpc) is 2.93. The quantitative estimate of drug-likeness (QED) is 0.353. The van der Waals surface area contributed by atoms with Gasteiger partial charge in [0.1, 0.15) is 0 Å². The molecule has 2 aliphatic heterocycles. The Hall–Kier alpha value is -2.47. The van der Waals surface area contributed by atoms with Crippen LogP contribution in [0.5, 0.6) is 11.6 Å². The standard InChI is InChI=1S/C28H35BCl2N6O3/c1-35-8-10-37(11-9-35)28-32-17-25(18-33-28)40-27-13-21(12-26(34-27)22-14-23(30)16-24(31)15-22)19-36-6-3-20(4-7-36)2-5-29(38)39/h12-18,20,38-39H,2-11,19H2,1H3. The molecular weight excluding hydrogens is 550 g/mol. The number of ether oxygens (including phenoxy) is 1. The number of nitrogens with zero attached hydrogens (tertiary/aromatic N) is 6. The van der Waals surface area contributed by atoms with E-state index in [1.807, 2.05) is 18.2 Å². The van der Waals surface area contributed by atoms with E-state index in [0.29, 0.717) is 39.9 Å². The largest absolute Gasteiger partial charge is 0.451 e. The first kappa shape index (κ1) is 29.0. The normalized spacial score (nSPS) is 17.3. The third kappa shape index (κ3) is 8.06. The minimum atomic E-state index is -1.22. The topological polar surface area (TPSA) is 98.1 Å². The number of hydrogen-bond donors (Lipinski definition) is 2. The molecule has 2 fully saturated rings. The monoisotopic (exact) mass is 584 g/mol. The lowest BCUT2D eigenvalue weighted by atomic mass is 9.78. The van der Waals surface area contributed by atoms with Gasteiger partial charge in [0.25, 0.3) is 0 Å². The van der Waals surface area contributed by atoms with Crippen molar-refractivity contribution in [3.05, 3.63) is 58.3 Å². The second kappa shape index (κ2) is 13.5. The van der Waals surface area contributed by atoms with Crippen LogP contribution in [0.25, 0.3) is 11.3 Å². The van der Waals surface area contributed by atoms with Crippen molar-refractivity contribution >= 4 is 36.3 Å². The molecule has 0 amide bonds. The summed E-state index contributed by atoms with van der Waals surface area (Å²) in [5.41, 5.74) is 2.60. The van der Waals surface area contributed by atoms with Crippen LogP contribution in [-0.2, 0) is 6.54 Å². The number of aromatic nitrogens is 3. The Morgan fingerprint density at radius 2 is 1.60 bits per heavy atom. The Balaban J connectivity index is 1.32. The highest BCUT2D eigenvalue weighted by Gasteiger charge is 2.22. The lowest BCUT2D eigenvalue weighted by molar-refractivity contribution is 0.173. The van der Waals surface area contributed by atoms with Gasteiger partial charge in [-0.25, -0.2) is 15.0 Å². The van der Waals surface area contributed by atoms with Crippen molar-refractivity contribution in [2.24, 2.45) is 5.92 Å². The van der Waals surface area contributed by atoms with E-state index in [4.69, 9.17) is 32.9 Å². The van der Waals surface area contributed by atoms with Gasteiger partial charge < -0.3 is 24.6 Å². The van der Waals surface area contributed by atoms with Gasteiger partial charge in [-0.1, -0.05) is 29.6 Å². The maximum absolute atomic E-state index is 9.20. The summed E-state index contributed by atoms with van der Waals surface area (Å²) in [6.45, 7) is 6.40. The van der Waals surface area contributed by atoms with Crippen molar-refractivity contribution in [3.8, 4) is 22.9 Å². The summed E-state index contributed by atoms with van der Waals surface area (Å²) in [7, 11) is 0.898. The highest BCUT2D eigenvalue weighted by atomic mass is 35.5. The Morgan fingerprint density at radius 3 is 2.25 bits per heavy atom. The molecule has 2 N–H and O–H groups in total. The molecule has 0 saturated carbocycles. The third-order valence-corrected chi connectivity index (χ3v) is 8.03. The van der Waals surface area contributed by atoms with E-state index in [1.165, 1.54) is 0 Å². The second-order valence-corrected chi connectivity index (χ2v) is 11.6. The van der Waals surface area contributed by atoms with Crippen molar-refractivity contribution < 1.29 is 14.8 Å². The predicted octanol–water partition coefficient (Wildman–Crippen LogP) is 4.46. The molecule has 0 aliphatic carbocycles. The molecule has 212 valence electrons. The smallest absolute Gasteiger partial charge is 0.436 e. The van der Waals surface area contributed by atoms with E-state index in [-0.39, 0.29) is 0 Å². The van der Waals surface area contributed by atoms with Crippen LogP contribution in [0, 0.1) is 5.92 Å². The van der Waals surface area contributed by atoms with Crippen molar-refractivity contribution in [2.75, 3.05) is 51.2 Å². The Kier molecular flexibility index (Phi) is 9.78. The number of rotatable bonds is 9. The van der Waals surface area contributed by atoms with E-state index < -0.39 is 7.12 Å². The van der Waals surface area contributed by atoms with Crippen LogP contribution < -0.4 is 9.64 Å². The fourth-order valence-electron chi connectivity index (χ4n) is 5.28. The summed E-state index contributed by atoms with van der Waals surface area (Å²) in [4.78, 5) is 20.7. The first-order valence-corrected chi connectivity index (χ1v) is 14.6. The number of benzene rings is 1. The number of anilines is 1. The molecule has 0 bridgehead atoms. The number of halogens is 2. The van der Waals surface area contributed by atoms with Gasteiger partial charge in [0, 0.05) is 54.4 Å². The van der Waals surface area contributed by atoms with Gasteiger partial charge in [-0.2, -0.15) is 0 Å². The van der Waals surface area contributed by atoms with Crippen LogP contribution in [-0.4, -0.2) is 88.2 Å². The SMILES string of the molecule is CN1CCN(c2ncc(Oc3cc(CN4CCC(CCB(O)O)CC4)cc(-c4cc(Cl)cc(Cl)c4)n3)cn2)CC1. The summed E-state index contributed by atoms with van der Waals surface area (Å²) in [5, 5.41) is 19.5. The van der Waals surface area contributed by atoms with E-state index in [9.17, 15) is 10.0 Å². The number of pyridine rings is 1. The predicted molar refractivity (Wildman–Crippen MR) is 159 cm³/mol. The zero-order valence-corrected chi connectivity index (χ0v) is 24.2. The molecule has 5 rings (SSSR count). The number of likely N-dealkylation sites (N-methyl/N-ethyl adjacent to an activating group) is 1. The minimum Gasteiger partial charge on any atom is -0.436 e. The molecule has 1 aromatic carbocycles. The highest BCUT2D eigenvalue weighted by Crippen LogP contribution is 2.31. The van der Waals surface area contributed by atoms with Crippen molar-refractivity contribution in [1.82, 2.24) is 24.8 Å². The summed E-state index contributed by atoms with van der Waals surface area (Å²) >= 11 is 12.6. The Labute approximate surface area is 245 Å². The summed E-state index contributed by atoms with van der Waals surface area (Å²) in [5.74, 6) is 2.19. The van der Waals surface area contributed by atoms with Crippen molar-refractivity contribution in [1.29, 1.82) is 0 Å². The average molecular weight is 585 g/mol. The van der Waals surface area contributed by atoms with Crippen molar-refractivity contribution in [2.45, 2.75) is 32.1 Å². The van der Waals surface area contributed by atoms with Gasteiger partial charge in [-0.15, -0.1) is 0 Å². The molecule has 40 heavy (non-hydrogen) atoms. The molecule has 12 heteroatoms. The van der Waals surface area contributed by atoms with Crippen molar-refractivity contribution in [3.63, 3.8) is 0 Å². The van der Waals surface area contributed by atoms with Crippen LogP contribution in [0.4, 0.5) is 5.95 Å². The van der Waals surface area contributed by atoms with E-state index in [2.05, 4.69) is 37.8 Å². The number of piperidine rings is 1. The van der Waals surface area contributed by atoms with E-state index >= 15 is 0 Å². The second-order valence-electron chi connectivity index (χ2n) is 10.7. The highest BCUT2D eigenvalue weighted by molar-refractivity contribution is 6.40. The van der Waals surface area contributed by atoms with Gasteiger partial charge in [-0.3, -0.25) is 4.90 Å². The summed E-state index contributed by atoms with van der Waals surface area (Å²) in [6.07, 6.45) is 6.73. The Morgan fingerprint density at radius 1 is 0.925 bits per heavy atom. The number of likely N-dealkylation sites (tertiary alicyclic amines) is 1. The maximum atomic E-state index is 9.20. The molecule has 3 aromatic rings.